The molecule has 1 fully saturated rings. The van der Waals surface area contributed by atoms with Crippen molar-refractivity contribution >= 4 is 11.6 Å². The van der Waals surface area contributed by atoms with E-state index in [1.54, 1.807) is 13.2 Å². The Morgan fingerprint density at radius 1 is 1.13 bits per heavy atom. The molecular formula is C16H19N3O4. The smallest absolute Gasteiger partial charge is 0.433 e. The van der Waals surface area contributed by atoms with Crippen LogP contribution in [0.4, 0.5) is 11.6 Å². The molecule has 2 aromatic rings. The van der Waals surface area contributed by atoms with Gasteiger partial charge in [-0.25, -0.2) is 0 Å². The fourth-order valence-corrected chi connectivity index (χ4v) is 2.73. The monoisotopic (exact) mass is 317 g/mol. The second-order valence-corrected chi connectivity index (χ2v) is 5.46. The number of hydrogen-bond acceptors (Lipinski definition) is 6. The SMILES string of the molecule is COc1ccc(N2CCN(Cc3ccc([N+](=O)[O-])o3)CC2)cc1. The highest BCUT2D eigenvalue weighted by molar-refractivity contribution is 5.49. The van der Waals surface area contributed by atoms with Crippen LogP contribution in [0.2, 0.25) is 0 Å². The van der Waals surface area contributed by atoms with Crippen LogP contribution in [-0.4, -0.2) is 43.1 Å². The zero-order valence-electron chi connectivity index (χ0n) is 13.0. The van der Waals surface area contributed by atoms with E-state index in [0.717, 1.165) is 31.9 Å². The average Bonchev–Trinajstić information content (AvgIpc) is 3.04. The predicted octanol–water partition coefficient (Wildman–Crippen LogP) is 2.52. The van der Waals surface area contributed by atoms with E-state index < -0.39 is 4.92 Å². The molecule has 2 heterocycles. The lowest BCUT2D eigenvalue weighted by Crippen LogP contribution is -2.45. The summed E-state index contributed by atoms with van der Waals surface area (Å²) in [6.45, 7) is 4.20. The molecule has 0 spiro atoms. The quantitative estimate of drug-likeness (QED) is 0.623. The summed E-state index contributed by atoms with van der Waals surface area (Å²) in [4.78, 5) is 14.7. The van der Waals surface area contributed by atoms with Crippen molar-refractivity contribution in [2.24, 2.45) is 0 Å². The van der Waals surface area contributed by atoms with Gasteiger partial charge in [0.15, 0.2) is 0 Å². The highest BCUT2D eigenvalue weighted by Gasteiger charge is 2.20. The molecule has 1 aromatic carbocycles. The van der Waals surface area contributed by atoms with Gasteiger partial charge in [0, 0.05) is 31.9 Å². The molecule has 0 bridgehead atoms. The maximum Gasteiger partial charge on any atom is 0.433 e. The van der Waals surface area contributed by atoms with Crippen molar-refractivity contribution in [3.63, 3.8) is 0 Å². The molecule has 0 aliphatic carbocycles. The lowest BCUT2D eigenvalue weighted by molar-refractivity contribution is -0.402. The summed E-state index contributed by atoms with van der Waals surface area (Å²) in [7, 11) is 1.66. The van der Waals surface area contributed by atoms with E-state index in [9.17, 15) is 10.1 Å². The second kappa shape index (κ2) is 6.70. The summed E-state index contributed by atoms with van der Waals surface area (Å²) < 4.78 is 10.4. The van der Waals surface area contributed by atoms with Gasteiger partial charge < -0.3 is 14.1 Å². The third-order valence-corrected chi connectivity index (χ3v) is 4.02. The number of nitro groups is 1. The average molecular weight is 317 g/mol. The van der Waals surface area contributed by atoms with Crippen molar-refractivity contribution in [3.8, 4) is 5.75 Å². The van der Waals surface area contributed by atoms with Crippen LogP contribution in [0, 0.1) is 10.1 Å². The molecule has 1 aromatic heterocycles. The fourth-order valence-electron chi connectivity index (χ4n) is 2.73. The van der Waals surface area contributed by atoms with E-state index in [4.69, 9.17) is 9.15 Å². The Hall–Kier alpha value is -2.54. The van der Waals surface area contributed by atoms with E-state index in [2.05, 4.69) is 21.9 Å². The maximum atomic E-state index is 10.6. The summed E-state index contributed by atoms with van der Waals surface area (Å²) in [5, 5.41) is 10.6. The summed E-state index contributed by atoms with van der Waals surface area (Å²) in [5.74, 6) is 1.29. The van der Waals surface area contributed by atoms with Crippen molar-refractivity contribution in [1.82, 2.24) is 4.90 Å². The molecule has 1 aliphatic rings. The number of methoxy groups -OCH3 is 1. The number of hydrogen-bond donors (Lipinski definition) is 0. The second-order valence-electron chi connectivity index (χ2n) is 5.46. The summed E-state index contributed by atoms with van der Waals surface area (Å²) in [5.41, 5.74) is 1.18. The molecule has 1 aliphatic heterocycles. The van der Waals surface area contributed by atoms with Crippen LogP contribution < -0.4 is 9.64 Å². The highest BCUT2D eigenvalue weighted by atomic mass is 16.6. The minimum atomic E-state index is -0.509. The first kappa shape index (κ1) is 15.4. The van der Waals surface area contributed by atoms with Crippen molar-refractivity contribution in [2.45, 2.75) is 6.54 Å². The number of piperazine rings is 1. The molecule has 0 N–H and O–H groups in total. The van der Waals surface area contributed by atoms with Crippen LogP contribution in [0.3, 0.4) is 0 Å². The van der Waals surface area contributed by atoms with Gasteiger partial charge in [0.1, 0.15) is 16.4 Å². The molecule has 0 atom stereocenters. The van der Waals surface area contributed by atoms with E-state index in [1.165, 1.54) is 11.8 Å². The van der Waals surface area contributed by atoms with E-state index in [0.29, 0.717) is 12.3 Å². The van der Waals surface area contributed by atoms with Gasteiger partial charge >= 0.3 is 5.88 Å². The van der Waals surface area contributed by atoms with Crippen LogP contribution in [-0.2, 0) is 6.54 Å². The molecule has 3 rings (SSSR count). The highest BCUT2D eigenvalue weighted by Crippen LogP contribution is 2.22. The third-order valence-electron chi connectivity index (χ3n) is 4.02. The summed E-state index contributed by atoms with van der Waals surface area (Å²) in [6.07, 6.45) is 0. The Labute approximate surface area is 134 Å². The fraction of sp³-hybridized carbons (Fsp3) is 0.375. The Morgan fingerprint density at radius 2 is 1.83 bits per heavy atom. The summed E-state index contributed by atoms with van der Waals surface area (Å²) in [6, 6.07) is 11.1. The first-order valence-corrected chi connectivity index (χ1v) is 7.50. The minimum absolute atomic E-state index is 0.197. The number of anilines is 1. The van der Waals surface area contributed by atoms with Gasteiger partial charge in [-0.05, 0) is 30.3 Å². The van der Waals surface area contributed by atoms with Gasteiger partial charge in [-0.1, -0.05) is 0 Å². The largest absolute Gasteiger partial charge is 0.497 e. The van der Waals surface area contributed by atoms with Crippen molar-refractivity contribution < 1.29 is 14.1 Å². The molecule has 0 unspecified atom stereocenters. The lowest BCUT2D eigenvalue weighted by Gasteiger charge is -2.35. The lowest BCUT2D eigenvalue weighted by atomic mass is 10.2. The number of nitrogens with zero attached hydrogens (tertiary/aromatic N) is 3. The van der Waals surface area contributed by atoms with Gasteiger partial charge in [-0.15, -0.1) is 0 Å². The predicted molar refractivity (Wildman–Crippen MR) is 85.8 cm³/mol. The topological polar surface area (TPSA) is 72.0 Å². The number of furan rings is 1. The molecule has 7 nitrogen and oxygen atoms in total. The Morgan fingerprint density at radius 3 is 2.39 bits per heavy atom. The molecule has 1 saturated heterocycles. The van der Waals surface area contributed by atoms with Crippen LogP contribution in [0.1, 0.15) is 5.76 Å². The first-order chi connectivity index (χ1) is 11.2. The molecule has 0 amide bonds. The van der Waals surface area contributed by atoms with Crippen LogP contribution in [0.15, 0.2) is 40.8 Å². The Balaban J connectivity index is 1.54. The van der Waals surface area contributed by atoms with Gasteiger partial charge in [-0.3, -0.25) is 15.0 Å². The molecule has 0 saturated carbocycles. The van der Waals surface area contributed by atoms with Crippen LogP contribution >= 0.6 is 0 Å². The number of benzene rings is 1. The zero-order valence-corrected chi connectivity index (χ0v) is 13.0. The van der Waals surface area contributed by atoms with Gasteiger partial charge in [0.2, 0.25) is 0 Å². The van der Waals surface area contributed by atoms with Crippen molar-refractivity contribution in [3.05, 3.63) is 52.3 Å². The molecule has 23 heavy (non-hydrogen) atoms. The molecular weight excluding hydrogens is 298 g/mol. The maximum absolute atomic E-state index is 10.6. The normalized spacial score (nSPS) is 15.6. The number of rotatable bonds is 5. The first-order valence-electron chi connectivity index (χ1n) is 7.50. The molecule has 0 radical (unpaired) electrons. The third kappa shape index (κ3) is 3.62. The van der Waals surface area contributed by atoms with E-state index in [-0.39, 0.29) is 5.88 Å². The number of ether oxygens (including phenoxy) is 1. The van der Waals surface area contributed by atoms with Gasteiger partial charge in [0.05, 0.1) is 19.7 Å². The Kier molecular flexibility index (Phi) is 4.47. The van der Waals surface area contributed by atoms with E-state index >= 15 is 0 Å². The van der Waals surface area contributed by atoms with Crippen LogP contribution in [0.25, 0.3) is 0 Å². The van der Waals surface area contributed by atoms with E-state index in [1.807, 2.05) is 12.1 Å². The standard InChI is InChI=1S/C16H19N3O4/c1-22-14-4-2-13(3-5-14)18-10-8-17(9-11-18)12-15-6-7-16(23-15)19(20)21/h2-7H,8-12H2,1H3. The van der Waals surface area contributed by atoms with Crippen LogP contribution in [0.5, 0.6) is 5.75 Å². The minimum Gasteiger partial charge on any atom is -0.497 e. The Bertz CT molecular complexity index is 660. The van der Waals surface area contributed by atoms with Gasteiger partial charge in [0.25, 0.3) is 0 Å². The van der Waals surface area contributed by atoms with Gasteiger partial charge in [-0.2, -0.15) is 0 Å². The molecule has 7 heteroatoms. The summed E-state index contributed by atoms with van der Waals surface area (Å²) >= 11 is 0. The van der Waals surface area contributed by atoms with Crippen molar-refractivity contribution in [1.29, 1.82) is 0 Å². The van der Waals surface area contributed by atoms with Crippen molar-refractivity contribution in [2.75, 3.05) is 38.2 Å². The molecule has 122 valence electrons. The zero-order chi connectivity index (χ0) is 16.2.